The number of carbonyl (C=O) groups is 1. The molecule has 1 aromatic heterocycles. The van der Waals surface area contributed by atoms with Crippen molar-refractivity contribution in [2.45, 2.75) is 6.42 Å². The van der Waals surface area contributed by atoms with Crippen LogP contribution < -0.4 is 10.6 Å². The first kappa shape index (κ1) is 15.4. The Labute approximate surface area is 116 Å². The van der Waals surface area contributed by atoms with Crippen LogP contribution in [0.5, 0.6) is 0 Å². The number of fused-ring (bicyclic) bond motifs is 1. The van der Waals surface area contributed by atoms with Gasteiger partial charge in [-0.2, -0.15) is 0 Å². The van der Waals surface area contributed by atoms with E-state index in [1.807, 2.05) is 0 Å². The number of nitrogens with zero attached hydrogens (tertiary/aromatic N) is 2. The van der Waals surface area contributed by atoms with Crippen LogP contribution >= 0.6 is 12.4 Å². The fraction of sp³-hybridized carbons (Fsp3) is 0.333. The zero-order valence-electron chi connectivity index (χ0n) is 10.7. The van der Waals surface area contributed by atoms with Crippen molar-refractivity contribution < 1.29 is 9.18 Å². The average molecular weight is 287 g/mol. The fourth-order valence-corrected chi connectivity index (χ4v) is 1.72. The molecule has 7 heteroatoms. The molecule has 0 atom stereocenters. The topological polar surface area (TPSA) is 59.0 Å². The monoisotopic (exact) mass is 286 g/mol. The molecule has 104 valence electrons. The summed E-state index contributed by atoms with van der Waals surface area (Å²) in [5, 5.41) is 5.55. The molecule has 1 aromatic carbocycles. The zero-order valence-corrected chi connectivity index (χ0v) is 11.6. The Hall–Kier alpha value is -1.66. The van der Waals surface area contributed by atoms with E-state index in [0.717, 1.165) is 0 Å². The van der Waals surface area contributed by atoms with Crippen LogP contribution in [0.25, 0.3) is 11.0 Å². The largest absolute Gasteiger partial charge is 0.319 e. The molecule has 0 aliphatic rings. The SMILES string of the molecule is CNCCC(=O)Nc1nc2c(F)cccc2n1C.Cl. The first-order chi connectivity index (χ1) is 8.63. The second-order valence-corrected chi connectivity index (χ2v) is 4.00. The van der Waals surface area contributed by atoms with Crippen LogP contribution in [0.2, 0.25) is 0 Å². The standard InChI is InChI=1S/C12H15FN4O.ClH/c1-14-7-6-10(18)15-12-16-11-8(13)4-3-5-9(11)17(12)2;/h3-5,14H,6-7H2,1-2H3,(H,15,16,18);1H. The third-order valence-corrected chi connectivity index (χ3v) is 2.72. The van der Waals surface area contributed by atoms with Crippen molar-refractivity contribution >= 4 is 35.3 Å². The maximum Gasteiger partial charge on any atom is 0.227 e. The number of halogens is 2. The van der Waals surface area contributed by atoms with E-state index in [1.54, 1.807) is 30.8 Å². The molecule has 2 N–H and O–H groups in total. The summed E-state index contributed by atoms with van der Waals surface area (Å²) in [7, 11) is 3.51. The van der Waals surface area contributed by atoms with Gasteiger partial charge in [0.05, 0.1) is 5.52 Å². The van der Waals surface area contributed by atoms with Crippen molar-refractivity contribution in [2.75, 3.05) is 18.9 Å². The van der Waals surface area contributed by atoms with E-state index >= 15 is 0 Å². The molecule has 5 nitrogen and oxygen atoms in total. The van der Waals surface area contributed by atoms with Crippen LogP contribution in [0.4, 0.5) is 10.3 Å². The third-order valence-electron chi connectivity index (χ3n) is 2.72. The fourth-order valence-electron chi connectivity index (χ4n) is 1.72. The summed E-state index contributed by atoms with van der Waals surface area (Å²) in [5.74, 6) is -0.182. The molecule has 0 unspecified atom stereocenters. The number of imidazole rings is 1. The molecule has 2 rings (SSSR count). The minimum atomic E-state index is -0.390. The highest BCUT2D eigenvalue weighted by atomic mass is 35.5. The molecule has 2 aromatic rings. The number of anilines is 1. The number of hydrogen-bond donors (Lipinski definition) is 2. The summed E-state index contributed by atoms with van der Waals surface area (Å²) < 4.78 is 15.2. The summed E-state index contributed by atoms with van der Waals surface area (Å²) in [4.78, 5) is 15.7. The first-order valence-electron chi connectivity index (χ1n) is 5.69. The van der Waals surface area contributed by atoms with Gasteiger partial charge in [0.25, 0.3) is 0 Å². The van der Waals surface area contributed by atoms with Gasteiger partial charge in [-0.15, -0.1) is 12.4 Å². The molecule has 0 saturated carbocycles. The van der Waals surface area contributed by atoms with Crippen molar-refractivity contribution in [1.82, 2.24) is 14.9 Å². The zero-order chi connectivity index (χ0) is 13.1. The van der Waals surface area contributed by atoms with Crippen LogP contribution in [0.15, 0.2) is 18.2 Å². The van der Waals surface area contributed by atoms with Crippen LogP contribution in [-0.2, 0) is 11.8 Å². The number of carbonyl (C=O) groups excluding carboxylic acids is 1. The minimum absolute atomic E-state index is 0. The summed E-state index contributed by atoms with van der Waals surface area (Å²) in [6.45, 7) is 0.587. The Morgan fingerprint density at radius 3 is 2.84 bits per heavy atom. The number of aromatic nitrogens is 2. The van der Waals surface area contributed by atoms with Crippen molar-refractivity contribution in [3.63, 3.8) is 0 Å². The Morgan fingerprint density at radius 2 is 2.21 bits per heavy atom. The molecular weight excluding hydrogens is 271 g/mol. The maximum atomic E-state index is 13.5. The van der Waals surface area contributed by atoms with Gasteiger partial charge >= 0.3 is 0 Å². The van der Waals surface area contributed by atoms with Gasteiger partial charge in [-0.3, -0.25) is 10.1 Å². The predicted molar refractivity (Wildman–Crippen MR) is 75.1 cm³/mol. The van der Waals surface area contributed by atoms with E-state index in [4.69, 9.17) is 0 Å². The highest BCUT2D eigenvalue weighted by molar-refractivity contribution is 5.91. The van der Waals surface area contributed by atoms with Gasteiger partial charge in [0.2, 0.25) is 11.9 Å². The second kappa shape index (κ2) is 6.49. The van der Waals surface area contributed by atoms with E-state index in [0.29, 0.717) is 24.4 Å². The second-order valence-electron chi connectivity index (χ2n) is 4.00. The number of amides is 1. The van der Waals surface area contributed by atoms with Crippen LogP contribution in [0.3, 0.4) is 0 Å². The number of hydrogen-bond acceptors (Lipinski definition) is 3. The number of para-hydroxylation sites is 1. The number of rotatable bonds is 4. The van der Waals surface area contributed by atoms with Gasteiger partial charge < -0.3 is 9.88 Å². The Balaban J connectivity index is 0.00000180. The van der Waals surface area contributed by atoms with Crippen molar-refractivity contribution in [3.05, 3.63) is 24.0 Å². The Morgan fingerprint density at radius 1 is 1.47 bits per heavy atom. The molecule has 1 heterocycles. The molecule has 0 bridgehead atoms. The van der Waals surface area contributed by atoms with E-state index < -0.39 is 0 Å². The van der Waals surface area contributed by atoms with E-state index in [9.17, 15) is 9.18 Å². The Kier molecular flexibility index (Phi) is 5.26. The van der Waals surface area contributed by atoms with Gasteiger partial charge in [0.1, 0.15) is 5.52 Å². The van der Waals surface area contributed by atoms with Gasteiger partial charge in [0.15, 0.2) is 5.82 Å². The molecule has 1 amide bonds. The molecule has 0 aliphatic carbocycles. The van der Waals surface area contributed by atoms with Gasteiger partial charge in [0, 0.05) is 20.0 Å². The summed E-state index contributed by atoms with van der Waals surface area (Å²) in [5.41, 5.74) is 0.919. The normalized spacial score (nSPS) is 10.3. The highest BCUT2D eigenvalue weighted by Crippen LogP contribution is 2.20. The number of nitrogens with one attached hydrogen (secondary N) is 2. The van der Waals surface area contributed by atoms with Crippen LogP contribution in [0, 0.1) is 5.82 Å². The van der Waals surface area contributed by atoms with Gasteiger partial charge in [-0.1, -0.05) is 6.07 Å². The number of benzene rings is 1. The summed E-state index contributed by atoms with van der Waals surface area (Å²) >= 11 is 0. The molecule has 0 spiro atoms. The van der Waals surface area contributed by atoms with Crippen LogP contribution in [0.1, 0.15) is 6.42 Å². The summed E-state index contributed by atoms with van der Waals surface area (Å²) in [6, 6.07) is 4.72. The maximum absolute atomic E-state index is 13.5. The van der Waals surface area contributed by atoms with E-state index in [2.05, 4.69) is 15.6 Å². The highest BCUT2D eigenvalue weighted by Gasteiger charge is 2.12. The van der Waals surface area contributed by atoms with E-state index in [1.165, 1.54) is 6.07 Å². The molecule has 0 saturated heterocycles. The predicted octanol–water partition coefficient (Wildman–Crippen LogP) is 1.68. The molecule has 0 fully saturated rings. The lowest BCUT2D eigenvalue weighted by molar-refractivity contribution is -0.116. The average Bonchev–Trinajstić information content (AvgIpc) is 2.66. The lowest BCUT2D eigenvalue weighted by Crippen LogP contribution is -2.20. The number of aryl methyl sites for hydroxylation is 1. The van der Waals surface area contributed by atoms with E-state index in [-0.39, 0.29) is 29.6 Å². The molecule has 0 aliphatic heterocycles. The Bertz CT molecular complexity index is 584. The van der Waals surface area contributed by atoms with Crippen LogP contribution in [-0.4, -0.2) is 29.1 Å². The van der Waals surface area contributed by atoms with Gasteiger partial charge in [-0.25, -0.2) is 9.37 Å². The van der Waals surface area contributed by atoms with Crippen molar-refractivity contribution in [1.29, 1.82) is 0 Å². The quantitative estimate of drug-likeness (QED) is 0.899. The lowest BCUT2D eigenvalue weighted by Gasteiger charge is -2.04. The minimum Gasteiger partial charge on any atom is -0.319 e. The van der Waals surface area contributed by atoms with Gasteiger partial charge in [-0.05, 0) is 19.2 Å². The third kappa shape index (κ3) is 3.21. The molecular formula is C12H16ClFN4O. The summed E-state index contributed by atoms with van der Waals surface area (Å²) in [6.07, 6.45) is 0.349. The molecule has 19 heavy (non-hydrogen) atoms. The molecule has 0 radical (unpaired) electrons. The first-order valence-corrected chi connectivity index (χ1v) is 5.69. The van der Waals surface area contributed by atoms with Crippen molar-refractivity contribution in [3.8, 4) is 0 Å². The van der Waals surface area contributed by atoms with Crippen molar-refractivity contribution in [2.24, 2.45) is 7.05 Å². The smallest absolute Gasteiger partial charge is 0.227 e. The lowest BCUT2D eigenvalue weighted by atomic mass is 10.3.